The van der Waals surface area contributed by atoms with Gasteiger partial charge in [0.25, 0.3) is 5.56 Å². The summed E-state index contributed by atoms with van der Waals surface area (Å²) < 4.78 is 13.6. The second-order valence-electron chi connectivity index (χ2n) is 6.56. The first kappa shape index (κ1) is 19.2. The third-order valence-electron chi connectivity index (χ3n) is 4.12. The normalized spacial score (nSPS) is 11.2. The number of nitrogen functional groups attached to an aromatic ring is 1. The van der Waals surface area contributed by atoms with Crippen molar-refractivity contribution in [1.82, 2.24) is 4.57 Å². The van der Waals surface area contributed by atoms with Crippen LogP contribution in [0.3, 0.4) is 0 Å². The van der Waals surface area contributed by atoms with Crippen LogP contribution in [0.2, 0.25) is 0 Å². The van der Waals surface area contributed by atoms with Crippen LogP contribution < -0.4 is 20.8 Å². The SMILES string of the molecule is CCCCCCOc1c(OC(C)C)c(=O)n(CC)c2cc(N)ccc12. The molecular weight excluding hydrogens is 316 g/mol. The zero-order chi connectivity index (χ0) is 18.4. The number of aryl methyl sites for hydroxylation is 1. The molecule has 0 bridgehead atoms. The minimum absolute atomic E-state index is 0.105. The van der Waals surface area contributed by atoms with Gasteiger partial charge in [0.1, 0.15) is 0 Å². The molecule has 0 aliphatic carbocycles. The van der Waals surface area contributed by atoms with Gasteiger partial charge in [0.05, 0.1) is 18.2 Å². The number of pyridine rings is 1. The molecule has 0 saturated carbocycles. The second kappa shape index (κ2) is 8.79. The summed E-state index contributed by atoms with van der Waals surface area (Å²) >= 11 is 0. The van der Waals surface area contributed by atoms with Gasteiger partial charge in [-0.05, 0) is 45.4 Å². The van der Waals surface area contributed by atoms with Crippen molar-refractivity contribution in [3.05, 3.63) is 28.6 Å². The van der Waals surface area contributed by atoms with Gasteiger partial charge in [-0.2, -0.15) is 0 Å². The molecular formula is C20H30N2O3. The predicted octanol–water partition coefficient (Wildman–Crippen LogP) is 4.35. The molecule has 1 heterocycles. The van der Waals surface area contributed by atoms with E-state index in [1.165, 1.54) is 12.8 Å². The molecule has 138 valence electrons. The van der Waals surface area contributed by atoms with E-state index in [4.69, 9.17) is 15.2 Å². The van der Waals surface area contributed by atoms with Gasteiger partial charge in [-0.25, -0.2) is 0 Å². The number of hydrogen-bond acceptors (Lipinski definition) is 4. The molecule has 0 aliphatic rings. The van der Waals surface area contributed by atoms with Gasteiger partial charge in [-0.3, -0.25) is 4.79 Å². The fourth-order valence-electron chi connectivity index (χ4n) is 2.92. The maximum atomic E-state index is 12.9. The summed E-state index contributed by atoms with van der Waals surface area (Å²) in [4.78, 5) is 12.9. The van der Waals surface area contributed by atoms with Crippen LogP contribution in [-0.4, -0.2) is 17.3 Å². The highest BCUT2D eigenvalue weighted by Crippen LogP contribution is 2.34. The van der Waals surface area contributed by atoms with Crippen molar-refractivity contribution >= 4 is 16.6 Å². The molecule has 0 unspecified atom stereocenters. The van der Waals surface area contributed by atoms with E-state index in [2.05, 4.69) is 6.92 Å². The van der Waals surface area contributed by atoms with Crippen molar-refractivity contribution in [2.24, 2.45) is 0 Å². The van der Waals surface area contributed by atoms with Crippen molar-refractivity contribution in [2.45, 2.75) is 66.0 Å². The van der Waals surface area contributed by atoms with E-state index in [0.717, 1.165) is 23.7 Å². The molecule has 0 saturated heterocycles. The Balaban J connectivity index is 2.52. The third-order valence-corrected chi connectivity index (χ3v) is 4.12. The van der Waals surface area contributed by atoms with Gasteiger partial charge in [0.15, 0.2) is 5.75 Å². The number of aromatic nitrogens is 1. The number of nitrogens with two attached hydrogens (primary N) is 1. The summed E-state index contributed by atoms with van der Waals surface area (Å²) in [7, 11) is 0. The van der Waals surface area contributed by atoms with Gasteiger partial charge in [-0.15, -0.1) is 0 Å². The molecule has 5 nitrogen and oxygen atoms in total. The van der Waals surface area contributed by atoms with Crippen molar-refractivity contribution in [3.63, 3.8) is 0 Å². The molecule has 2 aromatic rings. The van der Waals surface area contributed by atoms with Crippen molar-refractivity contribution < 1.29 is 9.47 Å². The van der Waals surface area contributed by atoms with Crippen LogP contribution in [0.4, 0.5) is 5.69 Å². The molecule has 0 radical (unpaired) electrons. The molecule has 2 N–H and O–H groups in total. The predicted molar refractivity (Wildman–Crippen MR) is 104 cm³/mol. The molecule has 1 aromatic heterocycles. The van der Waals surface area contributed by atoms with E-state index >= 15 is 0 Å². The number of ether oxygens (including phenoxy) is 2. The van der Waals surface area contributed by atoms with Crippen LogP contribution in [0.15, 0.2) is 23.0 Å². The highest BCUT2D eigenvalue weighted by Gasteiger charge is 2.20. The summed E-state index contributed by atoms with van der Waals surface area (Å²) in [5, 5.41) is 0.863. The molecule has 1 aromatic carbocycles. The van der Waals surface area contributed by atoms with Crippen molar-refractivity contribution in [2.75, 3.05) is 12.3 Å². The van der Waals surface area contributed by atoms with E-state index < -0.39 is 0 Å². The number of fused-ring (bicyclic) bond motifs is 1. The zero-order valence-electron chi connectivity index (χ0n) is 15.8. The van der Waals surface area contributed by atoms with Crippen LogP contribution in [-0.2, 0) is 6.54 Å². The standard InChI is InChI=1S/C20H30N2O3/c1-5-7-8-9-12-24-18-16-11-10-15(21)13-17(16)22(6-2)20(23)19(18)25-14(3)4/h10-11,13-14H,5-9,12,21H2,1-4H3. The quantitative estimate of drug-likeness (QED) is 0.541. The summed E-state index contributed by atoms with van der Waals surface area (Å²) in [6, 6.07) is 5.56. The van der Waals surface area contributed by atoms with E-state index in [-0.39, 0.29) is 11.7 Å². The highest BCUT2D eigenvalue weighted by atomic mass is 16.5. The number of rotatable bonds is 9. The average Bonchev–Trinajstić information content (AvgIpc) is 2.57. The van der Waals surface area contributed by atoms with Gasteiger partial charge in [0, 0.05) is 17.6 Å². The smallest absolute Gasteiger partial charge is 0.297 e. The number of hydrogen-bond donors (Lipinski definition) is 1. The number of nitrogens with zero attached hydrogens (tertiary/aromatic N) is 1. The number of unbranched alkanes of at least 4 members (excludes halogenated alkanes) is 3. The van der Waals surface area contributed by atoms with E-state index in [1.807, 2.05) is 39.0 Å². The van der Waals surface area contributed by atoms with Crippen LogP contribution in [0.5, 0.6) is 11.5 Å². The first-order valence-electron chi connectivity index (χ1n) is 9.25. The summed E-state index contributed by atoms with van der Waals surface area (Å²) in [6.45, 7) is 9.06. The Bertz CT molecular complexity index is 766. The van der Waals surface area contributed by atoms with Crippen LogP contribution in [0.1, 0.15) is 53.4 Å². The largest absolute Gasteiger partial charge is 0.489 e. The highest BCUT2D eigenvalue weighted by molar-refractivity contribution is 5.90. The maximum Gasteiger partial charge on any atom is 0.297 e. The fourth-order valence-corrected chi connectivity index (χ4v) is 2.92. The van der Waals surface area contributed by atoms with Gasteiger partial charge < -0.3 is 19.8 Å². The minimum Gasteiger partial charge on any atom is -0.489 e. The molecule has 5 heteroatoms. The molecule has 0 aliphatic heterocycles. The lowest BCUT2D eigenvalue weighted by Gasteiger charge is -2.19. The molecule has 0 amide bonds. The maximum absolute atomic E-state index is 12.9. The zero-order valence-corrected chi connectivity index (χ0v) is 15.8. The third kappa shape index (κ3) is 4.47. The van der Waals surface area contributed by atoms with Crippen LogP contribution >= 0.6 is 0 Å². The molecule has 0 fully saturated rings. The lowest BCUT2D eigenvalue weighted by Crippen LogP contribution is -2.25. The first-order valence-corrected chi connectivity index (χ1v) is 9.25. The summed E-state index contributed by atoms with van der Waals surface area (Å²) in [6.07, 6.45) is 4.34. The number of benzene rings is 1. The number of anilines is 1. The Labute approximate surface area is 149 Å². The average molecular weight is 346 g/mol. The topological polar surface area (TPSA) is 66.5 Å². The van der Waals surface area contributed by atoms with Gasteiger partial charge in [0.2, 0.25) is 5.75 Å². The van der Waals surface area contributed by atoms with Crippen molar-refractivity contribution in [3.8, 4) is 11.5 Å². The fraction of sp³-hybridized carbons (Fsp3) is 0.550. The minimum atomic E-state index is -0.169. The van der Waals surface area contributed by atoms with Gasteiger partial charge >= 0.3 is 0 Å². The molecule has 25 heavy (non-hydrogen) atoms. The second-order valence-corrected chi connectivity index (χ2v) is 6.56. The van der Waals surface area contributed by atoms with E-state index in [0.29, 0.717) is 30.3 Å². The Morgan fingerprint density at radius 2 is 1.88 bits per heavy atom. The Morgan fingerprint density at radius 3 is 2.52 bits per heavy atom. The molecule has 2 rings (SSSR count). The van der Waals surface area contributed by atoms with Crippen LogP contribution in [0, 0.1) is 0 Å². The van der Waals surface area contributed by atoms with E-state index in [9.17, 15) is 4.79 Å². The van der Waals surface area contributed by atoms with E-state index in [1.54, 1.807) is 4.57 Å². The first-order chi connectivity index (χ1) is 12.0. The summed E-state index contributed by atoms with van der Waals surface area (Å²) in [5.41, 5.74) is 7.18. The molecule has 0 atom stereocenters. The van der Waals surface area contributed by atoms with Crippen molar-refractivity contribution in [1.29, 1.82) is 0 Å². The van der Waals surface area contributed by atoms with Gasteiger partial charge in [-0.1, -0.05) is 26.2 Å². The monoisotopic (exact) mass is 346 g/mol. The summed E-state index contributed by atoms with van der Waals surface area (Å²) in [5.74, 6) is 0.833. The Morgan fingerprint density at radius 1 is 1.12 bits per heavy atom. The van der Waals surface area contributed by atoms with Crippen LogP contribution in [0.25, 0.3) is 10.9 Å². The lowest BCUT2D eigenvalue weighted by molar-refractivity contribution is 0.216. The lowest BCUT2D eigenvalue weighted by atomic mass is 10.1. The molecule has 0 spiro atoms. The Hall–Kier alpha value is -2.17. The Kier molecular flexibility index (Phi) is 6.73.